The number of aryl methyl sites for hydroxylation is 3. The van der Waals surface area contributed by atoms with E-state index in [9.17, 15) is 0 Å². The van der Waals surface area contributed by atoms with Crippen molar-refractivity contribution in [3.8, 4) is 0 Å². The van der Waals surface area contributed by atoms with Crippen molar-refractivity contribution in [2.24, 2.45) is 0 Å². The van der Waals surface area contributed by atoms with Gasteiger partial charge in [-0.2, -0.15) is 0 Å². The van der Waals surface area contributed by atoms with Gasteiger partial charge in [-0.25, -0.2) is 0 Å². The Labute approximate surface area is 130 Å². The van der Waals surface area contributed by atoms with Gasteiger partial charge in [0.1, 0.15) is 0 Å². The van der Waals surface area contributed by atoms with Gasteiger partial charge < -0.3 is 5.32 Å². The Balaban J connectivity index is 2.36. The van der Waals surface area contributed by atoms with Crippen LogP contribution in [0.1, 0.15) is 35.2 Å². The molecule has 0 spiro atoms. The lowest BCUT2D eigenvalue weighted by Crippen LogP contribution is -2.11. The van der Waals surface area contributed by atoms with Gasteiger partial charge in [0.2, 0.25) is 0 Å². The summed E-state index contributed by atoms with van der Waals surface area (Å²) in [6, 6.07) is 10.1. The quantitative estimate of drug-likeness (QED) is 0.723. The summed E-state index contributed by atoms with van der Waals surface area (Å²) in [5.41, 5.74) is 5.94. The van der Waals surface area contributed by atoms with Crippen molar-refractivity contribution in [2.75, 3.05) is 5.32 Å². The van der Waals surface area contributed by atoms with Crippen LogP contribution >= 0.6 is 23.2 Å². The van der Waals surface area contributed by atoms with E-state index in [4.69, 9.17) is 23.2 Å². The summed E-state index contributed by atoms with van der Waals surface area (Å²) in [5.74, 6) is 0. The first-order chi connectivity index (χ1) is 9.40. The first-order valence-corrected chi connectivity index (χ1v) is 7.44. The topological polar surface area (TPSA) is 12.0 Å². The molecule has 106 valence electrons. The van der Waals surface area contributed by atoms with Gasteiger partial charge in [-0.05, 0) is 56.5 Å². The molecule has 0 fully saturated rings. The van der Waals surface area contributed by atoms with Crippen LogP contribution in [-0.2, 0) is 0 Å². The molecule has 0 aromatic heterocycles. The van der Waals surface area contributed by atoms with E-state index in [0.717, 1.165) is 5.69 Å². The molecular formula is C17H19Cl2N. The zero-order valence-corrected chi connectivity index (χ0v) is 13.7. The first kappa shape index (κ1) is 15.2. The molecule has 2 aromatic rings. The highest BCUT2D eigenvalue weighted by Crippen LogP contribution is 2.34. The highest BCUT2D eigenvalue weighted by molar-refractivity contribution is 6.39. The summed E-state index contributed by atoms with van der Waals surface area (Å²) in [5, 5.41) is 4.72. The van der Waals surface area contributed by atoms with E-state index in [1.54, 1.807) is 0 Å². The number of nitrogens with one attached hydrogen (secondary N) is 1. The maximum Gasteiger partial charge on any atom is 0.0723 e. The zero-order valence-electron chi connectivity index (χ0n) is 12.2. The fourth-order valence-electron chi connectivity index (χ4n) is 2.80. The Morgan fingerprint density at radius 3 is 1.95 bits per heavy atom. The van der Waals surface area contributed by atoms with E-state index in [2.05, 4.69) is 45.1 Å². The average molecular weight is 308 g/mol. The van der Waals surface area contributed by atoms with Gasteiger partial charge in [0.05, 0.1) is 15.7 Å². The van der Waals surface area contributed by atoms with Gasteiger partial charge in [-0.1, -0.05) is 47.0 Å². The molecule has 2 aromatic carbocycles. The number of hydrogen-bond acceptors (Lipinski definition) is 1. The van der Waals surface area contributed by atoms with Crippen LogP contribution in [-0.4, -0.2) is 0 Å². The molecule has 3 heteroatoms. The third-order valence-electron chi connectivity index (χ3n) is 3.49. The highest BCUT2D eigenvalue weighted by Gasteiger charge is 2.14. The average Bonchev–Trinajstić information content (AvgIpc) is 2.32. The van der Waals surface area contributed by atoms with Crippen LogP contribution < -0.4 is 5.32 Å². The molecule has 0 aliphatic heterocycles. The van der Waals surface area contributed by atoms with Crippen molar-refractivity contribution in [3.63, 3.8) is 0 Å². The summed E-state index contributed by atoms with van der Waals surface area (Å²) in [6.45, 7) is 8.53. The molecule has 1 N–H and O–H groups in total. The predicted octanol–water partition coefficient (Wildman–Crippen LogP) is 6.09. The van der Waals surface area contributed by atoms with Crippen LogP contribution in [0.3, 0.4) is 0 Å². The zero-order chi connectivity index (χ0) is 14.9. The molecule has 0 radical (unpaired) electrons. The van der Waals surface area contributed by atoms with Gasteiger partial charge in [0, 0.05) is 6.04 Å². The van der Waals surface area contributed by atoms with E-state index in [1.807, 2.05) is 18.2 Å². The monoisotopic (exact) mass is 307 g/mol. The molecule has 1 nitrogen and oxygen atoms in total. The lowest BCUT2D eigenvalue weighted by Gasteiger charge is -2.22. The number of para-hydroxylation sites is 1. The van der Waals surface area contributed by atoms with Crippen molar-refractivity contribution in [1.82, 2.24) is 0 Å². The van der Waals surface area contributed by atoms with Gasteiger partial charge >= 0.3 is 0 Å². The molecule has 0 amide bonds. The van der Waals surface area contributed by atoms with E-state index >= 15 is 0 Å². The molecule has 2 rings (SSSR count). The maximum atomic E-state index is 6.22. The molecule has 0 saturated heterocycles. The van der Waals surface area contributed by atoms with E-state index in [-0.39, 0.29) is 6.04 Å². The molecule has 0 heterocycles. The minimum atomic E-state index is 0.146. The second-order valence-corrected chi connectivity index (χ2v) is 6.09. The van der Waals surface area contributed by atoms with Crippen molar-refractivity contribution < 1.29 is 0 Å². The molecular weight excluding hydrogens is 289 g/mol. The number of benzene rings is 2. The SMILES string of the molecule is Cc1cc(C)c(C(C)Nc2c(Cl)cccc2Cl)c(C)c1. The lowest BCUT2D eigenvalue weighted by molar-refractivity contribution is 0.862. The smallest absolute Gasteiger partial charge is 0.0723 e. The van der Waals surface area contributed by atoms with Gasteiger partial charge in [0.15, 0.2) is 0 Å². The summed E-state index contributed by atoms with van der Waals surface area (Å²) in [6.07, 6.45) is 0. The summed E-state index contributed by atoms with van der Waals surface area (Å²) < 4.78 is 0. The van der Waals surface area contributed by atoms with E-state index in [1.165, 1.54) is 22.3 Å². The van der Waals surface area contributed by atoms with Crippen molar-refractivity contribution >= 4 is 28.9 Å². The summed E-state index contributed by atoms with van der Waals surface area (Å²) >= 11 is 12.4. The van der Waals surface area contributed by atoms with Crippen LogP contribution in [0.25, 0.3) is 0 Å². The van der Waals surface area contributed by atoms with Crippen LogP contribution in [0.5, 0.6) is 0 Å². The fourth-order valence-corrected chi connectivity index (χ4v) is 3.31. The van der Waals surface area contributed by atoms with Crippen molar-refractivity contribution in [2.45, 2.75) is 33.7 Å². The van der Waals surface area contributed by atoms with Crippen LogP contribution in [0.15, 0.2) is 30.3 Å². The Kier molecular flexibility index (Phi) is 4.62. The second-order valence-electron chi connectivity index (χ2n) is 5.28. The third-order valence-corrected chi connectivity index (χ3v) is 4.12. The molecule has 1 atom stereocenters. The fraction of sp³-hybridized carbons (Fsp3) is 0.294. The Bertz CT molecular complexity index is 592. The Hall–Kier alpha value is -1.18. The standard InChI is InChI=1S/C17H19Cl2N/c1-10-8-11(2)16(12(3)9-10)13(4)20-17-14(18)6-5-7-15(17)19/h5-9,13,20H,1-4H3. The number of anilines is 1. The highest BCUT2D eigenvalue weighted by atomic mass is 35.5. The minimum Gasteiger partial charge on any atom is -0.376 e. The predicted molar refractivity (Wildman–Crippen MR) is 89.2 cm³/mol. The first-order valence-electron chi connectivity index (χ1n) is 6.68. The van der Waals surface area contributed by atoms with Crippen molar-refractivity contribution in [3.05, 3.63) is 62.6 Å². The molecule has 20 heavy (non-hydrogen) atoms. The second kappa shape index (κ2) is 6.07. The third kappa shape index (κ3) is 3.11. The minimum absolute atomic E-state index is 0.146. The van der Waals surface area contributed by atoms with Crippen molar-refractivity contribution in [1.29, 1.82) is 0 Å². The maximum absolute atomic E-state index is 6.22. The molecule has 0 aliphatic rings. The summed E-state index contributed by atoms with van der Waals surface area (Å²) in [7, 11) is 0. The van der Waals surface area contributed by atoms with Crippen LogP contribution in [0, 0.1) is 20.8 Å². The summed E-state index contributed by atoms with van der Waals surface area (Å²) in [4.78, 5) is 0. The van der Waals surface area contributed by atoms with Gasteiger partial charge in [-0.15, -0.1) is 0 Å². The lowest BCUT2D eigenvalue weighted by atomic mass is 9.95. The number of halogens is 2. The molecule has 1 unspecified atom stereocenters. The number of rotatable bonds is 3. The van der Waals surface area contributed by atoms with Gasteiger partial charge in [0.25, 0.3) is 0 Å². The molecule has 0 aliphatic carbocycles. The largest absolute Gasteiger partial charge is 0.376 e. The Morgan fingerprint density at radius 2 is 1.45 bits per heavy atom. The molecule has 0 saturated carbocycles. The number of hydrogen-bond donors (Lipinski definition) is 1. The normalized spacial score (nSPS) is 12.3. The van der Waals surface area contributed by atoms with E-state index in [0.29, 0.717) is 10.0 Å². The molecule has 0 bridgehead atoms. The Morgan fingerprint density at radius 1 is 0.950 bits per heavy atom. The van der Waals surface area contributed by atoms with Crippen LogP contribution in [0.4, 0.5) is 5.69 Å². The van der Waals surface area contributed by atoms with Gasteiger partial charge in [-0.3, -0.25) is 0 Å². The van der Waals surface area contributed by atoms with Crippen LogP contribution in [0.2, 0.25) is 10.0 Å². The van der Waals surface area contributed by atoms with E-state index < -0.39 is 0 Å².